The monoisotopic (exact) mass is 550 g/mol. The number of carbonyl (C=O) groups excluding carboxylic acids is 1. The molecule has 1 unspecified atom stereocenters. The van der Waals surface area contributed by atoms with Crippen LogP contribution in [0.25, 0.3) is 11.1 Å². The van der Waals surface area contributed by atoms with Gasteiger partial charge in [-0.25, -0.2) is 9.37 Å². The zero-order valence-corrected chi connectivity index (χ0v) is 22.3. The molecular weight excluding hydrogens is 526 g/mol. The molecule has 3 aromatic rings. The van der Waals surface area contributed by atoms with Gasteiger partial charge in [0.25, 0.3) is 5.91 Å². The van der Waals surface area contributed by atoms with Crippen LogP contribution in [0.4, 0.5) is 10.2 Å². The van der Waals surface area contributed by atoms with E-state index < -0.39 is 11.9 Å². The fraction of sp³-hybridized carbons (Fsp3) is 0.308. The minimum atomic E-state index is -0.703. The standard InChI is InChI=1S/C26H26Cl3FN4O2/c1-14(22-18(27)6-7-20(30)23(22)29)36-21-11-16(12-33-24(21)31)15-4-5-17(19(28)10-15)25(35)34-9-8-32-13-26(34,2)3/h4-7,10-12,14,32H,8-9,13H2,1-3H3,(H2,31,33). The lowest BCUT2D eigenvalue weighted by molar-refractivity contribution is 0.0477. The van der Waals surface area contributed by atoms with E-state index in [1.165, 1.54) is 12.1 Å². The highest BCUT2D eigenvalue weighted by Gasteiger charge is 2.34. The lowest BCUT2D eigenvalue weighted by Crippen LogP contribution is -2.59. The number of ether oxygens (including phenoxy) is 1. The molecule has 1 aliphatic rings. The van der Waals surface area contributed by atoms with Gasteiger partial charge in [-0.3, -0.25) is 4.79 Å². The van der Waals surface area contributed by atoms with Crippen LogP contribution in [0.1, 0.15) is 42.8 Å². The Kier molecular flexibility index (Phi) is 7.67. The number of hydrogen-bond donors (Lipinski definition) is 2. The van der Waals surface area contributed by atoms with E-state index in [0.29, 0.717) is 34.8 Å². The van der Waals surface area contributed by atoms with Gasteiger partial charge < -0.3 is 20.7 Å². The van der Waals surface area contributed by atoms with E-state index in [1.54, 1.807) is 37.4 Å². The summed E-state index contributed by atoms with van der Waals surface area (Å²) in [4.78, 5) is 19.3. The molecule has 1 saturated heterocycles. The summed E-state index contributed by atoms with van der Waals surface area (Å²) in [7, 11) is 0. The Bertz CT molecular complexity index is 1320. The molecule has 0 radical (unpaired) electrons. The second-order valence-electron chi connectivity index (χ2n) is 9.26. The first-order chi connectivity index (χ1) is 17.0. The molecule has 0 aliphatic carbocycles. The SMILES string of the molecule is CC(Oc1cc(-c2ccc(C(=O)N3CCNCC3(C)C)c(Cl)c2)cnc1N)c1c(Cl)ccc(F)c1Cl. The van der Waals surface area contributed by atoms with Crippen LogP contribution in [0.2, 0.25) is 15.1 Å². The number of nitrogens with one attached hydrogen (secondary N) is 1. The lowest BCUT2D eigenvalue weighted by Gasteiger charge is -2.43. The number of rotatable bonds is 5. The summed E-state index contributed by atoms with van der Waals surface area (Å²) in [5.74, 6) is -0.293. The first-order valence-electron chi connectivity index (χ1n) is 11.4. The summed E-state index contributed by atoms with van der Waals surface area (Å²) in [5.41, 5.74) is 7.86. The van der Waals surface area contributed by atoms with Crippen molar-refractivity contribution in [2.24, 2.45) is 0 Å². The molecule has 4 rings (SSSR count). The third-order valence-electron chi connectivity index (χ3n) is 6.25. The van der Waals surface area contributed by atoms with E-state index >= 15 is 0 Å². The average Bonchev–Trinajstić information content (AvgIpc) is 2.82. The molecule has 10 heteroatoms. The van der Waals surface area contributed by atoms with Crippen LogP contribution in [0, 0.1) is 5.82 Å². The van der Waals surface area contributed by atoms with Gasteiger partial charge in [0, 0.05) is 42.0 Å². The fourth-order valence-corrected chi connectivity index (χ4v) is 5.18. The summed E-state index contributed by atoms with van der Waals surface area (Å²) < 4.78 is 20.0. The van der Waals surface area contributed by atoms with Crippen LogP contribution in [-0.2, 0) is 0 Å². The van der Waals surface area contributed by atoms with Crippen molar-refractivity contribution in [2.75, 3.05) is 25.4 Å². The summed E-state index contributed by atoms with van der Waals surface area (Å²) >= 11 is 18.9. The lowest BCUT2D eigenvalue weighted by atomic mass is 9.98. The van der Waals surface area contributed by atoms with Crippen LogP contribution in [0.15, 0.2) is 42.6 Å². The third kappa shape index (κ3) is 5.25. The third-order valence-corrected chi connectivity index (χ3v) is 7.28. The Hall–Kier alpha value is -2.58. The maximum atomic E-state index is 14.0. The number of anilines is 1. The van der Waals surface area contributed by atoms with Gasteiger partial charge >= 0.3 is 0 Å². The smallest absolute Gasteiger partial charge is 0.255 e. The predicted molar refractivity (Wildman–Crippen MR) is 143 cm³/mol. The molecule has 2 aromatic carbocycles. The van der Waals surface area contributed by atoms with Crippen LogP contribution in [0.3, 0.4) is 0 Å². The molecule has 6 nitrogen and oxygen atoms in total. The number of nitrogen functional groups attached to an aromatic ring is 1. The fourth-order valence-electron chi connectivity index (χ4n) is 4.25. The second-order valence-corrected chi connectivity index (χ2v) is 10.5. The Morgan fingerprint density at radius 3 is 2.61 bits per heavy atom. The van der Waals surface area contributed by atoms with Crippen LogP contribution < -0.4 is 15.8 Å². The van der Waals surface area contributed by atoms with Gasteiger partial charge in [-0.15, -0.1) is 0 Å². The van der Waals surface area contributed by atoms with Crippen molar-refractivity contribution >= 4 is 46.5 Å². The van der Waals surface area contributed by atoms with E-state index in [4.69, 9.17) is 45.3 Å². The van der Waals surface area contributed by atoms with Crippen molar-refractivity contribution in [3.05, 3.63) is 74.6 Å². The summed E-state index contributed by atoms with van der Waals surface area (Å²) in [6, 6.07) is 9.54. The zero-order chi connectivity index (χ0) is 26.2. The average molecular weight is 552 g/mol. The van der Waals surface area contributed by atoms with E-state index in [1.807, 2.05) is 18.7 Å². The van der Waals surface area contributed by atoms with Crippen molar-refractivity contribution in [3.8, 4) is 16.9 Å². The topological polar surface area (TPSA) is 80.5 Å². The van der Waals surface area contributed by atoms with Crippen LogP contribution >= 0.6 is 34.8 Å². The number of aromatic nitrogens is 1. The molecule has 2 heterocycles. The van der Waals surface area contributed by atoms with Crippen molar-refractivity contribution in [3.63, 3.8) is 0 Å². The van der Waals surface area contributed by atoms with Crippen molar-refractivity contribution in [2.45, 2.75) is 32.4 Å². The van der Waals surface area contributed by atoms with Crippen molar-refractivity contribution in [1.82, 2.24) is 15.2 Å². The number of nitrogens with zero attached hydrogens (tertiary/aromatic N) is 2. The Morgan fingerprint density at radius 2 is 1.92 bits per heavy atom. The highest BCUT2D eigenvalue weighted by atomic mass is 35.5. The molecule has 1 aromatic heterocycles. The molecular formula is C26H26Cl3FN4O2. The van der Waals surface area contributed by atoms with Gasteiger partial charge in [-0.2, -0.15) is 0 Å². The number of halogens is 4. The molecule has 0 saturated carbocycles. The van der Waals surface area contributed by atoms with E-state index in [9.17, 15) is 9.18 Å². The maximum absolute atomic E-state index is 14.0. The van der Waals surface area contributed by atoms with E-state index in [-0.39, 0.29) is 33.1 Å². The van der Waals surface area contributed by atoms with Gasteiger partial charge in [-0.1, -0.05) is 40.9 Å². The van der Waals surface area contributed by atoms with Gasteiger partial charge in [0.2, 0.25) is 0 Å². The van der Waals surface area contributed by atoms with Crippen molar-refractivity contribution in [1.29, 1.82) is 0 Å². The number of carbonyl (C=O) groups is 1. The summed E-state index contributed by atoms with van der Waals surface area (Å²) in [6.45, 7) is 7.77. The number of hydrogen-bond acceptors (Lipinski definition) is 5. The highest BCUT2D eigenvalue weighted by molar-refractivity contribution is 6.36. The molecule has 36 heavy (non-hydrogen) atoms. The molecule has 1 aliphatic heterocycles. The van der Waals surface area contributed by atoms with Gasteiger partial charge in [0.05, 0.1) is 21.1 Å². The van der Waals surface area contributed by atoms with E-state index in [2.05, 4.69) is 10.3 Å². The number of pyridine rings is 1. The van der Waals surface area contributed by atoms with Crippen LogP contribution in [0.5, 0.6) is 5.75 Å². The molecule has 0 bridgehead atoms. The molecule has 1 fully saturated rings. The minimum absolute atomic E-state index is 0.114. The molecule has 190 valence electrons. The largest absolute Gasteiger partial charge is 0.482 e. The van der Waals surface area contributed by atoms with Gasteiger partial charge in [-0.05, 0) is 56.7 Å². The Labute approximate surface area is 224 Å². The molecule has 3 N–H and O–H groups in total. The summed E-state index contributed by atoms with van der Waals surface area (Å²) in [5, 5.41) is 3.80. The quantitative estimate of drug-likeness (QED) is 0.359. The molecule has 1 atom stereocenters. The number of piperazine rings is 1. The first kappa shape index (κ1) is 26.5. The number of nitrogens with two attached hydrogens (primary N) is 1. The predicted octanol–water partition coefficient (Wildman–Crippen LogP) is 6.39. The van der Waals surface area contributed by atoms with Gasteiger partial charge in [0.1, 0.15) is 11.9 Å². The Morgan fingerprint density at radius 1 is 1.17 bits per heavy atom. The molecule has 1 amide bonds. The Balaban J connectivity index is 1.60. The van der Waals surface area contributed by atoms with E-state index in [0.717, 1.165) is 12.1 Å². The number of benzene rings is 2. The molecule has 0 spiro atoms. The van der Waals surface area contributed by atoms with Crippen molar-refractivity contribution < 1.29 is 13.9 Å². The summed E-state index contributed by atoms with van der Waals surface area (Å²) in [6.07, 6.45) is 0.882. The number of amides is 1. The normalized spacial score (nSPS) is 16.0. The van der Waals surface area contributed by atoms with Crippen LogP contribution in [-0.4, -0.2) is 41.0 Å². The first-order valence-corrected chi connectivity index (χ1v) is 12.5. The highest BCUT2D eigenvalue weighted by Crippen LogP contribution is 2.37. The second kappa shape index (κ2) is 10.4. The van der Waals surface area contributed by atoms with Gasteiger partial charge in [0.15, 0.2) is 11.6 Å². The maximum Gasteiger partial charge on any atom is 0.255 e. The minimum Gasteiger partial charge on any atom is -0.482 e. The zero-order valence-electron chi connectivity index (χ0n) is 20.0.